The zero-order valence-electron chi connectivity index (χ0n) is 9.59. The average molecular weight is 244 g/mol. The number of ether oxygens (including phenoxy) is 2. The molecule has 98 valence electrons. The van der Waals surface area contributed by atoms with E-state index in [1.165, 1.54) is 0 Å². The molecule has 0 rings (SSSR count). The quantitative estimate of drug-likeness (QED) is 0.631. The molecule has 0 saturated heterocycles. The average Bonchev–Trinajstić information content (AvgIpc) is 2.11. The number of nitrogens with zero attached hydrogens (tertiary/aromatic N) is 1. The predicted molar refractivity (Wildman–Crippen MR) is 54.2 cm³/mol. The molecular formula is C9H19F3N2O2. The minimum Gasteiger partial charge on any atom is -0.383 e. The van der Waals surface area contributed by atoms with Crippen molar-refractivity contribution in [2.45, 2.75) is 12.2 Å². The van der Waals surface area contributed by atoms with E-state index in [0.717, 1.165) is 0 Å². The molecule has 0 saturated carbocycles. The monoisotopic (exact) mass is 244 g/mol. The van der Waals surface area contributed by atoms with Crippen LogP contribution in [0, 0.1) is 0 Å². The largest absolute Gasteiger partial charge is 0.411 e. The second kappa shape index (κ2) is 7.83. The molecule has 0 aliphatic heterocycles. The van der Waals surface area contributed by atoms with Gasteiger partial charge in [0.15, 0.2) is 0 Å². The van der Waals surface area contributed by atoms with Crippen LogP contribution in [0.5, 0.6) is 0 Å². The molecule has 0 amide bonds. The van der Waals surface area contributed by atoms with E-state index in [1.54, 1.807) is 19.1 Å². The van der Waals surface area contributed by atoms with Crippen LogP contribution in [0.15, 0.2) is 0 Å². The third-order valence-corrected chi connectivity index (χ3v) is 1.81. The third kappa shape index (κ3) is 10.2. The van der Waals surface area contributed by atoms with Crippen molar-refractivity contribution < 1.29 is 22.6 Å². The highest BCUT2D eigenvalue weighted by atomic mass is 19.4. The SMILES string of the molecule is COCC(N)CN(C)CCOCC(F)(F)F. The first-order chi connectivity index (χ1) is 7.35. The Morgan fingerprint density at radius 2 is 2.00 bits per heavy atom. The van der Waals surface area contributed by atoms with Gasteiger partial charge in [-0.3, -0.25) is 0 Å². The summed E-state index contributed by atoms with van der Waals surface area (Å²) in [5.41, 5.74) is 5.67. The Balaban J connectivity index is 3.47. The number of rotatable bonds is 8. The molecule has 0 aromatic carbocycles. The molecule has 7 heteroatoms. The van der Waals surface area contributed by atoms with E-state index in [9.17, 15) is 13.2 Å². The number of hydrogen-bond acceptors (Lipinski definition) is 4. The lowest BCUT2D eigenvalue weighted by Gasteiger charge is -2.20. The van der Waals surface area contributed by atoms with Crippen LogP contribution >= 0.6 is 0 Å². The van der Waals surface area contributed by atoms with Crippen LogP contribution in [-0.4, -0.2) is 64.2 Å². The van der Waals surface area contributed by atoms with Gasteiger partial charge in [0.05, 0.1) is 13.2 Å². The maximum Gasteiger partial charge on any atom is 0.411 e. The van der Waals surface area contributed by atoms with Gasteiger partial charge in [0.25, 0.3) is 0 Å². The summed E-state index contributed by atoms with van der Waals surface area (Å²) in [6.07, 6.45) is -4.26. The Bertz CT molecular complexity index is 179. The number of halogens is 3. The highest BCUT2D eigenvalue weighted by molar-refractivity contribution is 4.64. The Morgan fingerprint density at radius 3 is 2.50 bits per heavy atom. The lowest BCUT2D eigenvalue weighted by Crippen LogP contribution is -2.39. The van der Waals surface area contributed by atoms with Crippen LogP contribution in [0.3, 0.4) is 0 Å². The topological polar surface area (TPSA) is 47.7 Å². The number of nitrogens with two attached hydrogens (primary N) is 1. The predicted octanol–water partition coefficient (Wildman–Crippen LogP) is 0.471. The van der Waals surface area contributed by atoms with Crippen LogP contribution in [0.2, 0.25) is 0 Å². The number of hydrogen-bond donors (Lipinski definition) is 1. The van der Waals surface area contributed by atoms with Gasteiger partial charge in [0.1, 0.15) is 6.61 Å². The number of likely N-dealkylation sites (N-methyl/N-ethyl adjacent to an activating group) is 1. The molecule has 0 aromatic rings. The molecule has 1 atom stereocenters. The van der Waals surface area contributed by atoms with Gasteiger partial charge in [-0.2, -0.15) is 13.2 Å². The fourth-order valence-corrected chi connectivity index (χ4v) is 1.17. The molecule has 0 radical (unpaired) electrons. The number of alkyl halides is 3. The summed E-state index contributed by atoms with van der Waals surface area (Å²) in [6, 6.07) is -0.141. The second-order valence-electron chi connectivity index (χ2n) is 3.65. The molecule has 0 fully saturated rings. The Labute approximate surface area is 93.5 Å². The summed E-state index contributed by atoms with van der Waals surface area (Å²) in [5.74, 6) is 0. The summed E-state index contributed by atoms with van der Waals surface area (Å²) < 4.78 is 44.5. The molecule has 4 nitrogen and oxygen atoms in total. The van der Waals surface area contributed by atoms with Gasteiger partial charge in [0.2, 0.25) is 0 Å². The summed E-state index contributed by atoms with van der Waals surface area (Å²) in [7, 11) is 3.32. The van der Waals surface area contributed by atoms with Gasteiger partial charge in [-0.15, -0.1) is 0 Å². The molecule has 0 spiro atoms. The fourth-order valence-electron chi connectivity index (χ4n) is 1.17. The van der Waals surface area contributed by atoms with Crippen LogP contribution in [-0.2, 0) is 9.47 Å². The molecule has 0 aliphatic carbocycles. The zero-order valence-corrected chi connectivity index (χ0v) is 9.59. The van der Waals surface area contributed by atoms with E-state index in [1.807, 2.05) is 0 Å². The van der Waals surface area contributed by atoms with E-state index < -0.39 is 12.8 Å². The smallest absolute Gasteiger partial charge is 0.383 e. The van der Waals surface area contributed by atoms with Crippen molar-refractivity contribution in [2.24, 2.45) is 5.73 Å². The maximum absolute atomic E-state index is 11.7. The highest BCUT2D eigenvalue weighted by Crippen LogP contribution is 2.14. The van der Waals surface area contributed by atoms with Crippen molar-refractivity contribution in [3.05, 3.63) is 0 Å². The first-order valence-electron chi connectivity index (χ1n) is 4.92. The van der Waals surface area contributed by atoms with Crippen LogP contribution in [0.1, 0.15) is 0 Å². The van der Waals surface area contributed by atoms with Crippen molar-refractivity contribution in [2.75, 3.05) is 47.1 Å². The lowest BCUT2D eigenvalue weighted by atomic mass is 10.3. The second-order valence-corrected chi connectivity index (χ2v) is 3.65. The lowest BCUT2D eigenvalue weighted by molar-refractivity contribution is -0.174. The summed E-state index contributed by atoms with van der Waals surface area (Å²) in [5, 5.41) is 0. The molecule has 0 heterocycles. The molecule has 0 bridgehead atoms. The van der Waals surface area contributed by atoms with E-state index in [0.29, 0.717) is 19.7 Å². The van der Waals surface area contributed by atoms with Crippen molar-refractivity contribution in [1.82, 2.24) is 4.90 Å². The van der Waals surface area contributed by atoms with E-state index in [-0.39, 0.29) is 12.6 Å². The first kappa shape index (κ1) is 15.6. The van der Waals surface area contributed by atoms with Crippen molar-refractivity contribution in [1.29, 1.82) is 0 Å². The Kier molecular flexibility index (Phi) is 7.65. The molecule has 16 heavy (non-hydrogen) atoms. The normalized spacial score (nSPS) is 14.4. The minimum absolute atomic E-state index is 0.0374. The standard InChI is InChI=1S/C9H19F3N2O2/c1-14(5-8(13)6-15-2)3-4-16-7-9(10,11)12/h8H,3-7,13H2,1-2H3. The summed E-state index contributed by atoms with van der Waals surface area (Å²) >= 11 is 0. The third-order valence-electron chi connectivity index (χ3n) is 1.81. The van der Waals surface area contributed by atoms with Gasteiger partial charge in [-0.05, 0) is 7.05 Å². The van der Waals surface area contributed by atoms with Gasteiger partial charge in [-0.25, -0.2) is 0 Å². The molecular weight excluding hydrogens is 225 g/mol. The Hall–Kier alpha value is -0.370. The van der Waals surface area contributed by atoms with Gasteiger partial charge >= 0.3 is 6.18 Å². The van der Waals surface area contributed by atoms with Crippen molar-refractivity contribution in [3.63, 3.8) is 0 Å². The molecule has 0 aromatic heterocycles. The van der Waals surface area contributed by atoms with Crippen LogP contribution in [0.4, 0.5) is 13.2 Å². The van der Waals surface area contributed by atoms with E-state index in [4.69, 9.17) is 10.5 Å². The number of methoxy groups -OCH3 is 1. The first-order valence-corrected chi connectivity index (χ1v) is 4.92. The van der Waals surface area contributed by atoms with Crippen molar-refractivity contribution in [3.8, 4) is 0 Å². The fraction of sp³-hybridized carbons (Fsp3) is 1.00. The molecule has 2 N–H and O–H groups in total. The van der Waals surface area contributed by atoms with E-state index in [2.05, 4.69) is 4.74 Å². The summed E-state index contributed by atoms with van der Waals surface area (Å²) in [6.45, 7) is 0.227. The van der Waals surface area contributed by atoms with Crippen molar-refractivity contribution >= 4 is 0 Å². The highest BCUT2D eigenvalue weighted by Gasteiger charge is 2.27. The van der Waals surface area contributed by atoms with Crippen LogP contribution < -0.4 is 5.73 Å². The summed E-state index contributed by atoms with van der Waals surface area (Å²) in [4.78, 5) is 1.81. The van der Waals surface area contributed by atoms with E-state index >= 15 is 0 Å². The Morgan fingerprint density at radius 1 is 1.38 bits per heavy atom. The van der Waals surface area contributed by atoms with Gasteiger partial charge in [0, 0.05) is 26.2 Å². The zero-order chi connectivity index (χ0) is 12.6. The maximum atomic E-state index is 11.7. The molecule has 1 unspecified atom stereocenters. The molecule has 0 aliphatic rings. The van der Waals surface area contributed by atoms with Gasteiger partial charge < -0.3 is 20.1 Å². The minimum atomic E-state index is -4.26. The van der Waals surface area contributed by atoms with Gasteiger partial charge in [-0.1, -0.05) is 0 Å². The van der Waals surface area contributed by atoms with Crippen LogP contribution in [0.25, 0.3) is 0 Å².